The molecule has 102 valence electrons. The SMILES string of the molecule is Cc1ccnc(NC(=O)C(=O)NCc2cccnc2)c1. The van der Waals surface area contributed by atoms with Crippen LogP contribution in [0.2, 0.25) is 0 Å². The van der Waals surface area contributed by atoms with E-state index in [0.29, 0.717) is 5.82 Å². The molecular weight excluding hydrogens is 256 g/mol. The van der Waals surface area contributed by atoms with Gasteiger partial charge in [0, 0.05) is 25.1 Å². The molecule has 0 unspecified atom stereocenters. The highest BCUT2D eigenvalue weighted by Crippen LogP contribution is 2.04. The number of aromatic nitrogens is 2. The maximum absolute atomic E-state index is 11.7. The predicted octanol–water partition coefficient (Wildman–Crippen LogP) is 1.04. The summed E-state index contributed by atoms with van der Waals surface area (Å²) < 4.78 is 0. The van der Waals surface area contributed by atoms with E-state index in [-0.39, 0.29) is 6.54 Å². The van der Waals surface area contributed by atoms with Gasteiger partial charge in [0.1, 0.15) is 5.82 Å². The number of rotatable bonds is 3. The summed E-state index contributed by atoms with van der Waals surface area (Å²) in [5.74, 6) is -1.10. The molecule has 0 aliphatic carbocycles. The number of carbonyl (C=O) groups is 2. The van der Waals surface area contributed by atoms with Crippen LogP contribution in [0.25, 0.3) is 0 Å². The molecule has 2 N–H and O–H groups in total. The molecule has 2 rings (SSSR count). The van der Waals surface area contributed by atoms with Crippen LogP contribution in [0.5, 0.6) is 0 Å². The maximum atomic E-state index is 11.7. The van der Waals surface area contributed by atoms with E-state index in [1.54, 1.807) is 36.8 Å². The van der Waals surface area contributed by atoms with Crippen molar-refractivity contribution in [2.45, 2.75) is 13.5 Å². The second kappa shape index (κ2) is 6.42. The van der Waals surface area contributed by atoms with Gasteiger partial charge in [-0.05, 0) is 36.2 Å². The molecule has 0 fully saturated rings. The van der Waals surface area contributed by atoms with Gasteiger partial charge in [-0.3, -0.25) is 14.6 Å². The molecule has 2 heterocycles. The summed E-state index contributed by atoms with van der Waals surface area (Å²) in [6, 6.07) is 7.07. The minimum absolute atomic E-state index is 0.251. The number of nitrogens with one attached hydrogen (secondary N) is 2. The molecule has 6 heteroatoms. The molecule has 0 saturated heterocycles. The first-order chi connectivity index (χ1) is 9.65. The molecule has 0 saturated carbocycles. The quantitative estimate of drug-likeness (QED) is 0.816. The van der Waals surface area contributed by atoms with E-state index in [1.165, 1.54) is 0 Å². The minimum Gasteiger partial charge on any atom is -0.344 e. The van der Waals surface area contributed by atoms with Gasteiger partial charge in [0.05, 0.1) is 0 Å². The second-order valence-corrected chi connectivity index (χ2v) is 4.22. The van der Waals surface area contributed by atoms with Crippen LogP contribution in [0.3, 0.4) is 0 Å². The lowest BCUT2D eigenvalue weighted by Gasteiger charge is -2.06. The molecule has 2 aromatic rings. The van der Waals surface area contributed by atoms with Gasteiger partial charge in [-0.25, -0.2) is 4.98 Å². The van der Waals surface area contributed by atoms with Crippen molar-refractivity contribution in [2.24, 2.45) is 0 Å². The Bertz CT molecular complexity index is 614. The fourth-order valence-electron chi connectivity index (χ4n) is 1.54. The van der Waals surface area contributed by atoms with Crippen molar-refractivity contribution in [1.29, 1.82) is 0 Å². The van der Waals surface area contributed by atoms with Gasteiger partial charge in [-0.1, -0.05) is 6.07 Å². The number of carbonyl (C=O) groups excluding carboxylic acids is 2. The van der Waals surface area contributed by atoms with Crippen molar-refractivity contribution >= 4 is 17.6 Å². The molecule has 2 aromatic heterocycles. The molecular formula is C14H14N4O2. The summed E-state index contributed by atoms with van der Waals surface area (Å²) in [6.07, 6.45) is 4.83. The minimum atomic E-state index is -0.744. The lowest BCUT2D eigenvalue weighted by molar-refractivity contribution is -0.136. The predicted molar refractivity (Wildman–Crippen MR) is 73.7 cm³/mol. The second-order valence-electron chi connectivity index (χ2n) is 4.22. The van der Waals surface area contributed by atoms with Gasteiger partial charge in [0.2, 0.25) is 0 Å². The first-order valence-corrected chi connectivity index (χ1v) is 6.06. The van der Waals surface area contributed by atoms with E-state index < -0.39 is 11.8 Å². The fraction of sp³-hybridized carbons (Fsp3) is 0.143. The Morgan fingerprint density at radius 3 is 2.75 bits per heavy atom. The van der Waals surface area contributed by atoms with Crippen LogP contribution in [0.15, 0.2) is 42.9 Å². The smallest absolute Gasteiger partial charge is 0.314 e. The third-order valence-corrected chi connectivity index (χ3v) is 2.54. The number of pyridine rings is 2. The third kappa shape index (κ3) is 3.88. The number of aryl methyl sites for hydroxylation is 1. The Kier molecular flexibility index (Phi) is 4.39. The highest BCUT2D eigenvalue weighted by Gasteiger charge is 2.13. The van der Waals surface area contributed by atoms with E-state index >= 15 is 0 Å². The Hall–Kier alpha value is -2.76. The zero-order valence-corrected chi connectivity index (χ0v) is 11.0. The van der Waals surface area contributed by atoms with E-state index in [9.17, 15) is 9.59 Å². The number of nitrogens with zero attached hydrogens (tertiary/aromatic N) is 2. The van der Waals surface area contributed by atoms with Gasteiger partial charge in [0.25, 0.3) is 0 Å². The van der Waals surface area contributed by atoms with Crippen molar-refractivity contribution in [1.82, 2.24) is 15.3 Å². The maximum Gasteiger partial charge on any atom is 0.314 e. The first kappa shape index (κ1) is 13.7. The monoisotopic (exact) mass is 270 g/mol. The van der Waals surface area contributed by atoms with E-state index in [0.717, 1.165) is 11.1 Å². The summed E-state index contributed by atoms with van der Waals surface area (Å²) in [7, 11) is 0. The van der Waals surface area contributed by atoms with Crippen LogP contribution in [-0.4, -0.2) is 21.8 Å². The number of hydrogen-bond donors (Lipinski definition) is 2. The van der Waals surface area contributed by atoms with Crippen LogP contribution < -0.4 is 10.6 Å². The molecule has 0 spiro atoms. The van der Waals surface area contributed by atoms with Crippen molar-refractivity contribution in [3.05, 3.63) is 54.0 Å². The number of amides is 2. The van der Waals surface area contributed by atoms with Crippen molar-refractivity contribution in [3.63, 3.8) is 0 Å². The average Bonchev–Trinajstić information content (AvgIpc) is 2.46. The van der Waals surface area contributed by atoms with Gasteiger partial charge >= 0.3 is 11.8 Å². The van der Waals surface area contributed by atoms with E-state index in [2.05, 4.69) is 20.6 Å². The first-order valence-electron chi connectivity index (χ1n) is 6.06. The van der Waals surface area contributed by atoms with Crippen molar-refractivity contribution in [3.8, 4) is 0 Å². The molecule has 6 nitrogen and oxygen atoms in total. The molecule has 2 amide bonds. The van der Waals surface area contributed by atoms with E-state index in [1.807, 2.05) is 13.0 Å². The number of hydrogen-bond acceptors (Lipinski definition) is 4. The summed E-state index contributed by atoms with van der Waals surface area (Å²) in [4.78, 5) is 31.2. The summed E-state index contributed by atoms with van der Waals surface area (Å²) in [5.41, 5.74) is 1.77. The molecule has 0 aliphatic rings. The van der Waals surface area contributed by atoms with Gasteiger partial charge in [-0.2, -0.15) is 0 Å². The summed E-state index contributed by atoms with van der Waals surface area (Å²) >= 11 is 0. The summed E-state index contributed by atoms with van der Waals surface area (Å²) in [6.45, 7) is 2.13. The fourth-order valence-corrected chi connectivity index (χ4v) is 1.54. The number of anilines is 1. The van der Waals surface area contributed by atoms with Gasteiger partial charge < -0.3 is 10.6 Å². The highest BCUT2D eigenvalue weighted by molar-refractivity contribution is 6.39. The van der Waals surface area contributed by atoms with Gasteiger partial charge in [0.15, 0.2) is 0 Å². The van der Waals surface area contributed by atoms with Crippen LogP contribution in [0.1, 0.15) is 11.1 Å². The normalized spacial score (nSPS) is 9.85. The Labute approximate surface area is 116 Å². The zero-order valence-electron chi connectivity index (χ0n) is 11.0. The Balaban J connectivity index is 1.88. The van der Waals surface area contributed by atoms with Crippen molar-refractivity contribution < 1.29 is 9.59 Å². The van der Waals surface area contributed by atoms with Crippen LogP contribution in [0.4, 0.5) is 5.82 Å². The molecule has 0 bridgehead atoms. The zero-order chi connectivity index (χ0) is 14.4. The average molecular weight is 270 g/mol. The third-order valence-electron chi connectivity index (χ3n) is 2.54. The van der Waals surface area contributed by atoms with Gasteiger partial charge in [-0.15, -0.1) is 0 Å². The topological polar surface area (TPSA) is 84.0 Å². The largest absolute Gasteiger partial charge is 0.344 e. The Morgan fingerprint density at radius 2 is 2.05 bits per heavy atom. The lowest BCUT2D eigenvalue weighted by atomic mass is 10.3. The molecule has 0 atom stereocenters. The van der Waals surface area contributed by atoms with Crippen molar-refractivity contribution in [2.75, 3.05) is 5.32 Å². The van der Waals surface area contributed by atoms with E-state index in [4.69, 9.17) is 0 Å². The highest BCUT2D eigenvalue weighted by atomic mass is 16.2. The molecule has 0 radical (unpaired) electrons. The molecule has 20 heavy (non-hydrogen) atoms. The molecule has 0 aliphatic heterocycles. The lowest BCUT2D eigenvalue weighted by Crippen LogP contribution is -2.35. The van der Waals surface area contributed by atoms with Crippen LogP contribution in [0, 0.1) is 6.92 Å². The standard InChI is InChI=1S/C14H14N4O2/c1-10-4-6-16-12(7-10)18-14(20)13(19)17-9-11-3-2-5-15-8-11/h2-8H,9H2,1H3,(H,17,19)(H,16,18,20). The molecule has 0 aromatic carbocycles. The van der Waals surface area contributed by atoms with Crippen LogP contribution >= 0.6 is 0 Å². The Morgan fingerprint density at radius 1 is 1.20 bits per heavy atom. The summed E-state index contributed by atoms with van der Waals surface area (Å²) in [5, 5.41) is 4.96. The van der Waals surface area contributed by atoms with Crippen LogP contribution in [-0.2, 0) is 16.1 Å².